The molecule has 3 N–H and O–H groups in total. The van der Waals surface area contributed by atoms with E-state index in [1.54, 1.807) is 0 Å². The van der Waals surface area contributed by atoms with Crippen LogP contribution in [0.3, 0.4) is 0 Å². The van der Waals surface area contributed by atoms with E-state index < -0.39 is 5.97 Å². The third-order valence-corrected chi connectivity index (χ3v) is 5.61. The molecule has 0 aromatic carbocycles. The molecule has 0 aliphatic carbocycles. The van der Waals surface area contributed by atoms with E-state index in [2.05, 4.69) is 10.6 Å². The van der Waals surface area contributed by atoms with Gasteiger partial charge in [-0.1, -0.05) is 13.3 Å². The Morgan fingerprint density at radius 1 is 1.42 bits per heavy atom. The fraction of sp³-hybridized carbons (Fsp3) is 0.833. The number of hydrogen-bond donors (Lipinski definition) is 3. The molecule has 1 saturated heterocycles. The lowest BCUT2D eigenvalue weighted by Gasteiger charge is -2.22. The van der Waals surface area contributed by atoms with E-state index in [0.717, 1.165) is 17.9 Å². The normalized spacial score (nSPS) is 20.6. The molecule has 2 unspecified atom stereocenters. The Bertz CT molecular complexity index is 297. The van der Waals surface area contributed by atoms with Crippen LogP contribution in [0, 0.1) is 0 Å². The standard InChI is InChI=1S/C12H22N2O3S2/c1-2-3-9(6-11(15)16)14-12(17)13-7-10-8-18-4-5-19-10/h9-10H,2-8H2,1H3,(H,15,16)(H2,13,14,17). The highest BCUT2D eigenvalue weighted by atomic mass is 32.2. The first-order chi connectivity index (χ1) is 9.11. The molecule has 2 amide bonds. The number of aliphatic carboxylic acids is 1. The van der Waals surface area contributed by atoms with E-state index in [9.17, 15) is 9.59 Å². The third-order valence-electron chi connectivity index (χ3n) is 2.77. The Balaban J connectivity index is 2.24. The highest BCUT2D eigenvalue weighted by Gasteiger charge is 2.17. The number of amides is 2. The molecule has 1 rings (SSSR count). The molecule has 2 atom stereocenters. The molecule has 1 aliphatic rings. The Labute approximate surface area is 122 Å². The molecule has 7 heteroatoms. The molecule has 0 aromatic rings. The van der Waals surface area contributed by atoms with Crippen molar-refractivity contribution in [2.45, 2.75) is 37.5 Å². The van der Waals surface area contributed by atoms with Crippen molar-refractivity contribution in [3.05, 3.63) is 0 Å². The number of carbonyl (C=O) groups is 2. The summed E-state index contributed by atoms with van der Waals surface area (Å²) < 4.78 is 0. The molecule has 0 spiro atoms. The third kappa shape index (κ3) is 7.57. The van der Waals surface area contributed by atoms with Gasteiger partial charge in [0, 0.05) is 35.1 Å². The van der Waals surface area contributed by atoms with Crippen LogP contribution in [-0.2, 0) is 4.79 Å². The van der Waals surface area contributed by atoms with Crippen LogP contribution in [0.25, 0.3) is 0 Å². The van der Waals surface area contributed by atoms with Gasteiger partial charge in [0.2, 0.25) is 0 Å². The van der Waals surface area contributed by atoms with Gasteiger partial charge in [-0.05, 0) is 6.42 Å². The first-order valence-electron chi connectivity index (χ1n) is 6.57. The van der Waals surface area contributed by atoms with Gasteiger partial charge in [0.25, 0.3) is 0 Å². The second-order valence-electron chi connectivity index (χ2n) is 4.51. The number of urea groups is 1. The summed E-state index contributed by atoms with van der Waals surface area (Å²) >= 11 is 3.80. The molecule has 0 aromatic heterocycles. The van der Waals surface area contributed by atoms with Gasteiger partial charge < -0.3 is 15.7 Å². The number of nitrogens with one attached hydrogen (secondary N) is 2. The van der Waals surface area contributed by atoms with Crippen molar-refractivity contribution in [2.75, 3.05) is 23.8 Å². The second kappa shape index (κ2) is 9.36. The molecular weight excluding hydrogens is 284 g/mol. The van der Waals surface area contributed by atoms with E-state index in [1.807, 2.05) is 30.4 Å². The number of carboxylic acid groups (broad SMARTS) is 1. The van der Waals surface area contributed by atoms with Crippen molar-refractivity contribution >= 4 is 35.5 Å². The van der Waals surface area contributed by atoms with Crippen LogP contribution >= 0.6 is 23.5 Å². The maximum Gasteiger partial charge on any atom is 0.315 e. The lowest BCUT2D eigenvalue weighted by atomic mass is 10.1. The smallest absolute Gasteiger partial charge is 0.315 e. The second-order valence-corrected chi connectivity index (χ2v) is 7.06. The van der Waals surface area contributed by atoms with Gasteiger partial charge >= 0.3 is 12.0 Å². The Morgan fingerprint density at radius 3 is 2.79 bits per heavy atom. The van der Waals surface area contributed by atoms with Crippen LogP contribution in [0.2, 0.25) is 0 Å². The van der Waals surface area contributed by atoms with Crippen LogP contribution in [0.1, 0.15) is 26.2 Å². The maximum atomic E-state index is 11.7. The molecule has 19 heavy (non-hydrogen) atoms. The van der Waals surface area contributed by atoms with Crippen molar-refractivity contribution in [1.29, 1.82) is 0 Å². The van der Waals surface area contributed by atoms with Crippen LogP contribution in [0.15, 0.2) is 0 Å². The summed E-state index contributed by atoms with van der Waals surface area (Å²) in [7, 11) is 0. The van der Waals surface area contributed by atoms with E-state index in [0.29, 0.717) is 18.2 Å². The van der Waals surface area contributed by atoms with Crippen LogP contribution in [-0.4, -0.2) is 52.2 Å². The topological polar surface area (TPSA) is 78.4 Å². The molecule has 0 bridgehead atoms. The van der Waals surface area contributed by atoms with Crippen molar-refractivity contribution < 1.29 is 14.7 Å². The van der Waals surface area contributed by atoms with Crippen molar-refractivity contribution in [3.8, 4) is 0 Å². The highest BCUT2D eigenvalue weighted by molar-refractivity contribution is 8.06. The largest absolute Gasteiger partial charge is 0.481 e. The highest BCUT2D eigenvalue weighted by Crippen LogP contribution is 2.23. The van der Waals surface area contributed by atoms with Gasteiger partial charge in [0.05, 0.1) is 6.42 Å². The molecular formula is C12H22N2O3S2. The van der Waals surface area contributed by atoms with E-state index in [4.69, 9.17) is 5.11 Å². The van der Waals surface area contributed by atoms with Gasteiger partial charge in [-0.2, -0.15) is 23.5 Å². The first kappa shape index (κ1) is 16.5. The fourth-order valence-electron chi connectivity index (χ4n) is 1.88. The minimum atomic E-state index is -0.877. The summed E-state index contributed by atoms with van der Waals surface area (Å²) in [4.78, 5) is 22.4. The van der Waals surface area contributed by atoms with E-state index in [-0.39, 0.29) is 18.5 Å². The summed E-state index contributed by atoms with van der Waals surface area (Å²) in [6.45, 7) is 2.62. The van der Waals surface area contributed by atoms with Gasteiger partial charge in [-0.25, -0.2) is 4.79 Å². The summed E-state index contributed by atoms with van der Waals surface area (Å²) in [6.07, 6.45) is 1.52. The summed E-state index contributed by atoms with van der Waals surface area (Å²) in [5, 5.41) is 14.8. The van der Waals surface area contributed by atoms with Gasteiger partial charge in [-0.15, -0.1) is 0 Å². The Morgan fingerprint density at radius 2 is 2.21 bits per heavy atom. The number of carbonyl (C=O) groups excluding carboxylic acids is 1. The molecule has 0 saturated carbocycles. The number of hydrogen-bond acceptors (Lipinski definition) is 4. The molecule has 1 aliphatic heterocycles. The summed E-state index contributed by atoms with van der Waals surface area (Å²) in [5.74, 6) is 2.51. The minimum Gasteiger partial charge on any atom is -0.481 e. The van der Waals surface area contributed by atoms with E-state index in [1.165, 1.54) is 5.75 Å². The lowest BCUT2D eigenvalue weighted by molar-refractivity contribution is -0.137. The SMILES string of the molecule is CCCC(CC(=O)O)NC(=O)NCC1CSCCS1. The van der Waals surface area contributed by atoms with Gasteiger partial charge in [0.1, 0.15) is 0 Å². The zero-order valence-corrected chi connectivity index (χ0v) is 12.8. The quantitative estimate of drug-likeness (QED) is 0.668. The number of thioether (sulfide) groups is 2. The van der Waals surface area contributed by atoms with Crippen molar-refractivity contribution in [1.82, 2.24) is 10.6 Å². The number of carboxylic acids is 1. The zero-order chi connectivity index (χ0) is 14.1. The summed E-state index contributed by atoms with van der Waals surface area (Å²) in [5.41, 5.74) is 0. The maximum absolute atomic E-state index is 11.7. The monoisotopic (exact) mass is 306 g/mol. The zero-order valence-electron chi connectivity index (χ0n) is 11.2. The molecule has 1 fully saturated rings. The minimum absolute atomic E-state index is 0.0186. The van der Waals surface area contributed by atoms with Crippen LogP contribution in [0.5, 0.6) is 0 Å². The number of rotatable bonds is 7. The first-order valence-corrected chi connectivity index (χ1v) is 8.77. The predicted octanol–water partition coefficient (Wildman–Crippen LogP) is 1.78. The average molecular weight is 306 g/mol. The molecule has 5 nitrogen and oxygen atoms in total. The van der Waals surface area contributed by atoms with Crippen LogP contribution in [0.4, 0.5) is 4.79 Å². The molecule has 1 heterocycles. The Hall–Kier alpha value is -0.560. The van der Waals surface area contributed by atoms with Gasteiger partial charge in [-0.3, -0.25) is 4.79 Å². The predicted molar refractivity (Wildman–Crippen MR) is 81.1 cm³/mol. The van der Waals surface area contributed by atoms with E-state index >= 15 is 0 Å². The summed E-state index contributed by atoms with van der Waals surface area (Å²) in [6, 6.07) is -0.535. The molecule has 110 valence electrons. The molecule has 0 radical (unpaired) electrons. The fourth-order valence-corrected chi connectivity index (χ4v) is 4.49. The van der Waals surface area contributed by atoms with Crippen molar-refractivity contribution in [3.63, 3.8) is 0 Å². The van der Waals surface area contributed by atoms with Crippen molar-refractivity contribution in [2.24, 2.45) is 0 Å². The van der Waals surface area contributed by atoms with Gasteiger partial charge in [0.15, 0.2) is 0 Å². The lowest BCUT2D eigenvalue weighted by Crippen LogP contribution is -2.45. The average Bonchev–Trinajstić information content (AvgIpc) is 2.37. The Kier molecular flexibility index (Phi) is 8.13. The van der Waals surface area contributed by atoms with Crippen LogP contribution < -0.4 is 10.6 Å².